The highest BCUT2D eigenvalue weighted by molar-refractivity contribution is 7.91. The van der Waals surface area contributed by atoms with Crippen molar-refractivity contribution in [1.82, 2.24) is 15.0 Å². The van der Waals surface area contributed by atoms with E-state index in [1.807, 2.05) is 11.6 Å². The number of aryl methyl sites for hydroxylation is 1. The van der Waals surface area contributed by atoms with Crippen LogP contribution >= 0.6 is 0 Å². The van der Waals surface area contributed by atoms with E-state index in [0.717, 1.165) is 5.69 Å². The minimum absolute atomic E-state index is 0.0606. The van der Waals surface area contributed by atoms with Gasteiger partial charge < -0.3 is 4.57 Å². The number of hydrazine groups is 1. The van der Waals surface area contributed by atoms with E-state index in [4.69, 9.17) is 5.84 Å². The van der Waals surface area contributed by atoms with Gasteiger partial charge in [0.2, 0.25) is 0 Å². The predicted molar refractivity (Wildman–Crippen MR) is 66.8 cm³/mol. The Morgan fingerprint density at radius 2 is 2.29 bits per heavy atom. The Labute approximate surface area is 102 Å². The lowest BCUT2D eigenvalue weighted by Gasteiger charge is -2.16. The molecular formula is C10H20N4O2S. The first-order valence-corrected chi connectivity index (χ1v) is 7.45. The molecule has 0 aromatic carbocycles. The summed E-state index contributed by atoms with van der Waals surface area (Å²) in [6.45, 7) is 1.66. The maximum Gasteiger partial charge on any atom is 0.150 e. The largest absolute Gasteiger partial charge is 0.336 e. The number of sulfone groups is 1. The van der Waals surface area contributed by atoms with Gasteiger partial charge >= 0.3 is 0 Å². The summed E-state index contributed by atoms with van der Waals surface area (Å²) in [7, 11) is -1.01. The van der Waals surface area contributed by atoms with E-state index in [0.29, 0.717) is 12.8 Å². The minimum Gasteiger partial charge on any atom is -0.336 e. The van der Waals surface area contributed by atoms with Gasteiger partial charge in [-0.15, -0.1) is 0 Å². The molecule has 1 atom stereocenters. The zero-order valence-corrected chi connectivity index (χ0v) is 11.1. The van der Waals surface area contributed by atoms with Crippen LogP contribution in [0.4, 0.5) is 0 Å². The summed E-state index contributed by atoms with van der Waals surface area (Å²) in [6.07, 6.45) is 4.70. The topological polar surface area (TPSA) is 90.0 Å². The number of nitrogens with one attached hydrogen (secondary N) is 1. The number of hydrogen-bond acceptors (Lipinski definition) is 5. The average Bonchev–Trinajstić information content (AvgIpc) is 2.71. The van der Waals surface area contributed by atoms with Gasteiger partial charge in [0, 0.05) is 19.0 Å². The lowest BCUT2D eigenvalue weighted by atomic mass is 10.1. The van der Waals surface area contributed by atoms with Crippen LogP contribution in [-0.2, 0) is 16.9 Å². The van der Waals surface area contributed by atoms with Crippen LogP contribution in [0.5, 0.6) is 0 Å². The molecule has 0 bridgehead atoms. The molecule has 0 radical (unpaired) electrons. The molecule has 0 saturated carbocycles. The number of nitrogens with two attached hydrogens (primary N) is 1. The molecule has 0 aliphatic rings. The third kappa shape index (κ3) is 4.10. The van der Waals surface area contributed by atoms with Crippen molar-refractivity contribution in [3.63, 3.8) is 0 Å². The molecule has 0 amide bonds. The summed E-state index contributed by atoms with van der Waals surface area (Å²) in [5, 5.41) is 0. The second-order valence-electron chi connectivity index (χ2n) is 4.03. The highest BCUT2D eigenvalue weighted by Gasteiger charge is 2.15. The highest BCUT2D eigenvalue weighted by atomic mass is 32.2. The van der Waals surface area contributed by atoms with Gasteiger partial charge in [-0.3, -0.25) is 11.3 Å². The van der Waals surface area contributed by atoms with E-state index in [9.17, 15) is 8.42 Å². The van der Waals surface area contributed by atoms with Gasteiger partial charge in [-0.25, -0.2) is 13.4 Å². The number of imidazole rings is 1. The van der Waals surface area contributed by atoms with Gasteiger partial charge in [0.25, 0.3) is 0 Å². The standard InChI is InChI=1S/C10H20N4O2S/c1-3-17(15,16)6-4-5-9(13-11)10-7-12-8-14(10)2/h7-9,13H,3-6,11H2,1-2H3. The molecule has 6 nitrogen and oxygen atoms in total. The predicted octanol–water partition coefficient (Wildman–Crippen LogP) is 0.139. The Hall–Kier alpha value is -0.920. The van der Waals surface area contributed by atoms with Crippen LogP contribution in [0.3, 0.4) is 0 Å². The molecular weight excluding hydrogens is 240 g/mol. The third-order valence-corrected chi connectivity index (χ3v) is 4.59. The lowest BCUT2D eigenvalue weighted by molar-refractivity contribution is 0.484. The lowest BCUT2D eigenvalue weighted by Crippen LogP contribution is -2.29. The van der Waals surface area contributed by atoms with Crippen LogP contribution in [0.25, 0.3) is 0 Å². The molecule has 0 spiro atoms. The van der Waals surface area contributed by atoms with Crippen molar-refractivity contribution in [1.29, 1.82) is 0 Å². The Balaban J connectivity index is 2.52. The SMILES string of the molecule is CCS(=O)(=O)CCCC(NN)c1cncn1C. The van der Waals surface area contributed by atoms with Crippen LogP contribution in [0.1, 0.15) is 31.5 Å². The monoisotopic (exact) mass is 260 g/mol. The van der Waals surface area contributed by atoms with E-state index in [1.165, 1.54) is 0 Å². The van der Waals surface area contributed by atoms with Crippen molar-refractivity contribution in [2.45, 2.75) is 25.8 Å². The summed E-state index contributed by atoms with van der Waals surface area (Å²) in [4.78, 5) is 4.01. The molecule has 7 heteroatoms. The van der Waals surface area contributed by atoms with Crippen molar-refractivity contribution < 1.29 is 8.42 Å². The fraction of sp³-hybridized carbons (Fsp3) is 0.700. The molecule has 1 unspecified atom stereocenters. The summed E-state index contributed by atoms with van der Waals surface area (Å²) in [5.41, 5.74) is 3.65. The average molecular weight is 260 g/mol. The van der Waals surface area contributed by atoms with Gasteiger partial charge in [-0.2, -0.15) is 0 Å². The van der Waals surface area contributed by atoms with Crippen molar-refractivity contribution in [2.24, 2.45) is 12.9 Å². The maximum absolute atomic E-state index is 11.4. The molecule has 3 N–H and O–H groups in total. The van der Waals surface area contributed by atoms with Crippen molar-refractivity contribution >= 4 is 9.84 Å². The Morgan fingerprint density at radius 3 is 2.76 bits per heavy atom. The molecule has 0 aliphatic carbocycles. The van der Waals surface area contributed by atoms with Crippen LogP contribution in [0.2, 0.25) is 0 Å². The smallest absolute Gasteiger partial charge is 0.150 e. The Kier molecular flexibility index (Phi) is 5.10. The van der Waals surface area contributed by atoms with Crippen LogP contribution < -0.4 is 11.3 Å². The Morgan fingerprint density at radius 1 is 1.59 bits per heavy atom. The summed E-state index contributed by atoms with van der Waals surface area (Å²) < 4.78 is 24.6. The molecule has 0 saturated heterocycles. The van der Waals surface area contributed by atoms with E-state index < -0.39 is 9.84 Å². The fourth-order valence-corrected chi connectivity index (χ4v) is 2.57. The maximum atomic E-state index is 11.4. The molecule has 0 aliphatic heterocycles. The first kappa shape index (κ1) is 14.1. The summed E-state index contributed by atoms with van der Waals surface area (Å²) in [5.74, 6) is 5.88. The molecule has 1 heterocycles. The van der Waals surface area contributed by atoms with Gasteiger partial charge in [-0.05, 0) is 12.8 Å². The molecule has 17 heavy (non-hydrogen) atoms. The van der Waals surface area contributed by atoms with E-state index in [2.05, 4.69) is 10.4 Å². The number of hydrogen-bond donors (Lipinski definition) is 2. The summed E-state index contributed by atoms with van der Waals surface area (Å²) in [6, 6.07) is -0.0606. The molecule has 98 valence electrons. The van der Waals surface area contributed by atoms with Crippen molar-refractivity contribution in [3.05, 3.63) is 18.2 Å². The van der Waals surface area contributed by atoms with E-state index in [1.54, 1.807) is 19.4 Å². The fourth-order valence-electron chi connectivity index (χ4n) is 1.67. The van der Waals surface area contributed by atoms with Gasteiger partial charge in [0.05, 0.1) is 23.8 Å². The Bertz CT molecular complexity index is 441. The zero-order valence-electron chi connectivity index (χ0n) is 10.3. The number of aromatic nitrogens is 2. The normalized spacial score (nSPS) is 13.8. The van der Waals surface area contributed by atoms with Crippen molar-refractivity contribution in [2.75, 3.05) is 11.5 Å². The number of rotatable bonds is 7. The second-order valence-corrected chi connectivity index (χ2v) is 6.50. The summed E-state index contributed by atoms with van der Waals surface area (Å²) >= 11 is 0. The number of nitrogens with zero attached hydrogens (tertiary/aromatic N) is 2. The first-order chi connectivity index (χ1) is 8.00. The van der Waals surface area contributed by atoms with Gasteiger partial charge in [0.1, 0.15) is 9.84 Å². The third-order valence-electron chi connectivity index (χ3n) is 2.80. The van der Waals surface area contributed by atoms with Crippen LogP contribution in [0.15, 0.2) is 12.5 Å². The van der Waals surface area contributed by atoms with E-state index >= 15 is 0 Å². The first-order valence-electron chi connectivity index (χ1n) is 5.63. The van der Waals surface area contributed by atoms with Gasteiger partial charge in [0.15, 0.2) is 0 Å². The molecule has 1 aromatic rings. The van der Waals surface area contributed by atoms with Crippen molar-refractivity contribution in [3.8, 4) is 0 Å². The van der Waals surface area contributed by atoms with E-state index in [-0.39, 0.29) is 17.5 Å². The second kappa shape index (κ2) is 6.13. The molecule has 1 aromatic heterocycles. The molecule has 0 fully saturated rings. The van der Waals surface area contributed by atoms with Gasteiger partial charge in [-0.1, -0.05) is 6.92 Å². The quantitative estimate of drug-likeness (QED) is 0.537. The minimum atomic E-state index is -2.89. The van der Waals surface area contributed by atoms with Crippen LogP contribution in [0, 0.1) is 0 Å². The molecule has 1 rings (SSSR count). The highest BCUT2D eigenvalue weighted by Crippen LogP contribution is 2.16. The van der Waals surface area contributed by atoms with Crippen LogP contribution in [-0.4, -0.2) is 29.5 Å². The zero-order chi connectivity index (χ0) is 12.9.